The van der Waals surface area contributed by atoms with Crippen molar-refractivity contribution in [3.8, 4) is 0 Å². The summed E-state index contributed by atoms with van der Waals surface area (Å²) in [7, 11) is 2.92. The quantitative estimate of drug-likeness (QED) is 0.577. The molecule has 0 bridgehead atoms. The van der Waals surface area contributed by atoms with Gasteiger partial charge in [-0.1, -0.05) is 0 Å². The third kappa shape index (κ3) is 177. The van der Waals surface area contributed by atoms with Crippen LogP contribution in [-0.4, -0.2) is 0 Å². The van der Waals surface area contributed by atoms with Crippen LogP contribution in [0.25, 0.3) is 0 Å². The number of rotatable bonds is 0. The summed E-state index contributed by atoms with van der Waals surface area (Å²) in [6.07, 6.45) is 0. The maximum absolute atomic E-state index is 10.5. The number of hydrogen-bond donors (Lipinski definition) is 0. The second kappa shape index (κ2) is 0.982. The molecule has 0 unspecified atom stereocenters. The monoisotopic (exact) mass is 368 g/mol. The average Bonchev–Trinajstić information content (AvgIpc) is 0.592. The molecule has 0 aromatic rings. The Kier molecular flexibility index (Phi) is 1.12. The Bertz CT molecular complexity index is 66.6. The second-order valence-electron chi connectivity index (χ2n) is 1.07. The van der Waals surface area contributed by atoms with E-state index in [9.17, 15) is 10.5 Å². The van der Waals surface area contributed by atoms with Gasteiger partial charge in [-0.15, -0.1) is 0 Å². The van der Waals surface area contributed by atoms with Crippen molar-refractivity contribution >= 4 is 7.62 Å². The van der Waals surface area contributed by atoms with E-state index in [2.05, 4.69) is 7.62 Å². The Labute approximate surface area is 41.2 Å². The van der Waals surface area contributed by atoms with Crippen LogP contribution in [0.3, 0.4) is 0 Å². The van der Waals surface area contributed by atoms with Crippen molar-refractivity contribution in [3.63, 3.8) is 0 Å². The average molecular weight is 368 g/mol. The maximum atomic E-state index is 10.4. The van der Waals surface area contributed by atoms with Crippen LogP contribution < -0.4 is 0 Å². The normalized spacial score (nSPS) is 23.1. The van der Waals surface area contributed by atoms with E-state index in [1.807, 2.05) is 0 Å². The van der Waals surface area contributed by atoms with Crippen molar-refractivity contribution in [2.24, 2.45) is 0 Å². The van der Waals surface area contributed by atoms with Crippen molar-refractivity contribution in [3.05, 3.63) is 0 Å². The molecule has 0 aromatic carbocycles. The van der Waals surface area contributed by atoms with Gasteiger partial charge in [0.15, 0.2) is 0 Å². The van der Waals surface area contributed by atoms with Gasteiger partial charge in [-0.05, 0) is 0 Å². The fourth-order valence-corrected chi connectivity index (χ4v) is 0. The molecule has 0 N–H and O–H groups in total. The molecular formula is ClF5U. The predicted molar refractivity (Wildman–Crippen MR) is 11.4 cm³/mol. The first-order valence-corrected chi connectivity index (χ1v) is 14.1. The van der Waals surface area contributed by atoms with Gasteiger partial charge in [-0.3, -0.25) is 0 Å². The van der Waals surface area contributed by atoms with Crippen molar-refractivity contribution in [2.75, 3.05) is 0 Å². The zero-order valence-corrected chi connectivity index (χ0v) is 7.69. The zero-order valence-electron chi connectivity index (χ0n) is 2.77. The van der Waals surface area contributed by atoms with E-state index in [-0.39, 0.29) is 0 Å². The molecule has 0 atom stereocenters. The van der Waals surface area contributed by atoms with Crippen LogP contribution in [-0.2, 0) is 0 Å². The van der Waals surface area contributed by atoms with Gasteiger partial charge in [0.25, 0.3) is 0 Å². The molecule has 0 rings (SSSR count). The van der Waals surface area contributed by atoms with Crippen molar-refractivity contribution in [1.82, 2.24) is 0 Å². The molecule has 0 heterocycles. The Morgan fingerprint density at radius 3 is 0.857 bits per heavy atom. The molecule has 0 spiro atoms. The first kappa shape index (κ1) is 7.99. The molecule has 0 saturated heterocycles. The van der Waals surface area contributed by atoms with E-state index in [0.717, 1.165) is 0 Å². The molecule has 0 aromatic heterocycles. The molecule has 0 aliphatic rings. The summed E-state index contributed by atoms with van der Waals surface area (Å²) in [4.78, 5) is 0. The minimum absolute atomic E-state index is 2.92. The molecule has 0 radical (unpaired) electrons. The van der Waals surface area contributed by atoms with Crippen LogP contribution in [0.15, 0.2) is 0 Å². The van der Waals surface area contributed by atoms with Gasteiger partial charge in [-0.25, -0.2) is 0 Å². The number of halogens is 6. The summed E-state index contributed by atoms with van der Waals surface area (Å²) in [6.45, 7) is 0. The summed E-state index contributed by atoms with van der Waals surface area (Å²) in [6, 6.07) is 0. The zero-order chi connectivity index (χ0) is 6.41. The second-order valence-corrected chi connectivity index (χ2v) is 16.7. The summed E-state index contributed by atoms with van der Waals surface area (Å²) in [5.74, 6) is 0. The van der Waals surface area contributed by atoms with Gasteiger partial charge in [-0.2, -0.15) is 0 Å². The molecule has 7 heavy (non-hydrogen) atoms. The van der Waals surface area contributed by atoms with E-state index in [1.54, 1.807) is 0 Å². The summed E-state index contributed by atoms with van der Waals surface area (Å²) in [5, 5.41) is 0. The first-order chi connectivity index (χ1) is 2.45. The van der Waals surface area contributed by atoms with E-state index in [4.69, 9.17) is 0 Å². The SMILES string of the molecule is [F][U]([F])([F])([F])([F])[Cl]. The van der Waals surface area contributed by atoms with Gasteiger partial charge in [0.2, 0.25) is 0 Å². The summed E-state index contributed by atoms with van der Waals surface area (Å²) in [5.41, 5.74) is 0. The predicted octanol–water partition coefficient (Wildman–Crippen LogP) is 2.79. The Hall–Kier alpha value is 0.992. The molecule has 0 nitrogen and oxygen atoms in total. The Morgan fingerprint density at radius 1 is 0.857 bits per heavy atom. The fourth-order valence-electron chi connectivity index (χ4n) is 0. The first-order valence-electron chi connectivity index (χ1n) is 1.13. The summed E-state index contributed by atoms with van der Waals surface area (Å²) < 4.78 is 51.9. The van der Waals surface area contributed by atoms with E-state index < -0.39 is 23.1 Å². The van der Waals surface area contributed by atoms with E-state index >= 15 is 0 Å². The van der Waals surface area contributed by atoms with E-state index in [1.165, 1.54) is 0 Å². The van der Waals surface area contributed by atoms with Crippen LogP contribution in [0.1, 0.15) is 0 Å². The van der Waals surface area contributed by atoms with Crippen molar-refractivity contribution in [1.29, 1.82) is 0 Å². The van der Waals surface area contributed by atoms with Gasteiger partial charge in [0.05, 0.1) is 0 Å². The van der Waals surface area contributed by atoms with Gasteiger partial charge in [0.1, 0.15) is 0 Å². The molecule has 0 fully saturated rings. The third-order valence-electron chi connectivity index (χ3n) is 0. The molecule has 0 saturated carbocycles. The molecule has 0 aliphatic carbocycles. The molecule has 0 amide bonds. The Morgan fingerprint density at radius 2 is 0.857 bits per heavy atom. The van der Waals surface area contributed by atoms with Gasteiger partial charge >= 0.3 is 41.2 Å². The Balaban J connectivity index is 4.43. The molecule has 46 valence electrons. The van der Waals surface area contributed by atoms with Crippen molar-refractivity contribution < 1.29 is 33.6 Å². The van der Waals surface area contributed by atoms with Crippen LogP contribution in [0.5, 0.6) is 0 Å². The topological polar surface area (TPSA) is 0 Å². The van der Waals surface area contributed by atoms with Crippen molar-refractivity contribution in [2.45, 2.75) is 0 Å². The molecular weight excluding hydrogens is 368 g/mol. The standard InChI is InChI=1S/ClH.5FH.U/h6*1H;/q;;;;;;+6/p-6. The summed E-state index contributed by atoms with van der Waals surface area (Å²) >= 11 is -10.5. The van der Waals surface area contributed by atoms with Crippen LogP contribution in [0.2, 0.25) is 0 Å². The van der Waals surface area contributed by atoms with Gasteiger partial charge < -0.3 is 0 Å². The van der Waals surface area contributed by atoms with E-state index in [0.29, 0.717) is 0 Å². The van der Waals surface area contributed by atoms with Crippen LogP contribution >= 0.6 is 7.62 Å². The number of hydrogen-bond acceptors (Lipinski definition) is 0. The van der Waals surface area contributed by atoms with Crippen LogP contribution in [0, 0.1) is 23.1 Å². The third-order valence-corrected chi connectivity index (χ3v) is 0. The van der Waals surface area contributed by atoms with Crippen LogP contribution in [0.4, 0.5) is 10.5 Å². The minimum atomic E-state index is -10.5. The van der Waals surface area contributed by atoms with Gasteiger partial charge in [0, 0.05) is 0 Å². The molecule has 0 aliphatic heterocycles. The molecule has 7 heteroatoms. The fraction of sp³-hybridized carbons (Fsp3) is 0.